The van der Waals surface area contributed by atoms with Crippen molar-refractivity contribution in [2.75, 3.05) is 0 Å². The van der Waals surface area contributed by atoms with Crippen LogP contribution < -0.4 is 0 Å². The van der Waals surface area contributed by atoms with Gasteiger partial charge in [0.1, 0.15) is 6.10 Å². The highest BCUT2D eigenvalue weighted by molar-refractivity contribution is 6.34. The summed E-state index contributed by atoms with van der Waals surface area (Å²) in [5.41, 5.74) is 0.848. The lowest BCUT2D eigenvalue weighted by Crippen LogP contribution is -2.48. The highest BCUT2D eigenvalue weighted by atomic mass is 35.5. The maximum absolute atomic E-state index is 12.0. The Bertz CT molecular complexity index is 470. The van der Waals surface area contributed by atoms with Crippen molar-refractivity contribution in [2.24, 2.45) is 0 Å². The van der Waals surface area contributed by atoms with Crippen LogP contribution >= 0.6 is 23.2 Å². The SMILES string of the molecule is CC(C)N1C(=O)O[C@@H](c2cc(Cl)cc(Cl)c2)C[C@H]1C. The van der Waals surface area contributed by atoms with Crippen LogP contribution in [0.4, 0.5) is 4.79 Å². The summed E-state index contributed by atoms with van der Waals surface area (Å²) in [7, 11) is 0. The summed E-state index contributed by atoms with van der Waals surface area (Å²) < 4.78 is 5.50. The number of carbonyl (C=O) groups excluding carboxylic acids is 1. The van der Waals surface area contributed by atoms with Crippen LogP contribution in [0.25, 0.3) is 0 Å². The molecule has 104 valence electrons. The third kappa shape index (κ3) is 3.15. The number of benzene rings is 1. The maximum Gasteiger partial charge on any atom is 0.410 e. The first-order valence-corrected chi connectivity index (χ1v) is 7.09. The number of nitrogens with zero attached hydrogens (tertiary/aromatic N) is 1. The van der Waals surface area contributed by atoms with Crippen LogP contribution in [0, 0.1) is 0 Å². The number of hydrogen-bond acceptors (Lipinski definition) is 2. The normalized spacial score (nSPS) is 23.7. The highest BCUT2D eigenvalue weighted by Crippen LogP contribution is 2.34. The third-order valence-electron chi connectivity index (χ3n) is 3.30. The van der Waals surface area contributed by atoms with E-state index in [9.17, 15) is 4.79 Å². The summed E-state index contributed by atoms with van der Waals surface area (Å²) in [5.74, 6) is 0. The van der Waals surface area contributed by atoms with Crippen molar-refractivity contribution in [1.29, 1.82) is 0 Å². The van der Waals surface area contributed by atoms with Crippen molar-refractivity contribution in [3.8, 4) is 0 Å². The molecule has 1 aromatic carbocycles. The first-order chi connectivity index (χ1) is 8.88. The number of ether oxygens (including phenoxy) is 1. The van der Waals surface area contributed by atoms with E-state index in [4.69, 9.17) is 27.9 Å². The van der Waals surface area contributed by atoms with Gasteiger partial charge in [0.15, 0.2) is 0 Å². The van der Waals surface area contributed by atoms with E-state index >= 15 is 0 Å². The maximum atomic E-state index is 12.0. The topological polar surface area (TPSA) is 29.5 Å². The molecule has 0 unspecified atom stereocenters. The van der Waals surface area contributed by atoms with Crippen LogP contribution in [-0.2, 0) is 4.74 Å². The Kier molecular flexibility index (Phi) is 4.26. The third-order valence-corrected chi connectivity index (χ3v) is 3.73. The van der Waals surface area contributed by atoms with Gasteiger partial charge in [0, 0.05) is 28.5 Å². The van der Waals surface area contributed by atoms with Crippen molar-refractivity contribution in [1.82, 2.24) is 4.90 Å². The molecular weight excluding hydrogens is 285 g/mol. The lowest BCUT2D eigenvalue weighted by molar-refractivity contribution is -0.00869. The molecule has 0 bridgehead atoms. The summed E-state index contributed by atoms with van der Waals surface area (Å²) in [6.07, 6.45) is 0.171. The molecule has 2 atom stereocenters. The van der Waals surface area contributed by atoms with Gasteiger partial charge in [-0.3, -0.25) is 0 Å². The second-order valence-corrected chi connectivity index (χ2v) is 6.03. The number of carbonyl (C=O) groups is 1. The number of halogens is 2. The fourth-order valence-electron chi connectivity index (χ4n) is 2.52. The summed E-state index contributed by atoms with van der Waals surface area (Å²) in [6, 6.07) is 5.52. The van der Waals surface area contributed by atoms with Gasteiger partial charge in [-0.25, -0.2) is 4.79 Å². The fraction of sp³-hybridized carbons (Fsp3) is 0.500. The Balaban J connectivity index is 2.22. The molecule has 1 aliphatic rings. The average molecular weight is 302 g/mol. The van der Waals surface area contributed by atoms with Gasteiger partial charge in [-0.1, -0.05) is 23.2 Å². The number of rotatable bonds is 2. The molecular formula is C14H17Cl2NO2. The zero-order chi connectivity index (χ0) is 14.2. The minimum absolute atomic E-state index is 0.129. The van der Waals surface area contributed by atoms with E-state index in [0.717, 1.165) is 12.0 Å². The first kappa shape index (κ1) is 14.5. The van der Waals surface area contributed by atoms with Crippen molar-refractivity contribution in [3.63, 3.8) is 0 Å². The van der Waals surface area contributed by atoms with E-state index in [1.807, 2.05) is 20.8 Å². The van der Waals surface area contributed by atoms with Crippen LogP contribution in [0.5, 0.6) is 0 Å². The summed E-state index contributed by atoms with van der Waals surface area (Å²) in [4.78, 5) is 13.8. The van der Waals surface area contributed by atoms with Crippen LogP contribution in [0.3, 0.4) is 0 Å². The Morgan fingerprint density at radius 1 is 1.26 bits per heavy atom. The molecule has 1 saturated heterocycles. The van der Waals surface area contributed by atoms with Crippen molar-refractivity contribution in [3.05, 3.63) is 33.8 Å². The van der Waals surface area contributed by atoms with Crippen LogP contribution in [-0.4, -0.2) is 23.1 Å². The molecule has 19 heavy (non-hydrogen) atoms. The van der Waals surface area contributed by atoms with Gasteiger partial charge in [-0.05, 0) is 44.5 Å². The lowest BCUT2D eigenvalue weighted by Gasteiger charge is -2.39. The second kappa shape index (κ2) is 5.59. The Morgan fingerprint density at radius 3 is 2.32 bits per heavy atom. The van der Waals surface area contributed by atoms with Gasteiger partial charge in [-0.2, -0.15) is 0 Å². The highest BCUT2D eigenvalue weighted by Gasteiger charge is 2.35. The van der Waals surface area contributed by atoms with E-state index in [0.29, 0.717) is 10.0 Å². The molecule has 0 spiro atoms. The minimum Gasteiger partial charge on any atom is -0.441 e. The second-order valence-electron chi connectivity index (χ2n) is 5.16. The molecule has 3 nitrogen and oxygen atoms in total. The molecule has 5 heteroatoms. The standard InChI is InChI=1S/C14H17Cl2NO2/c1-8(2)17-9(3)4-13(19-14(17)18)10-5-11(15)7-12(16)6-10/h5-9,13H,4H2,1-3H3/t9-,13-/m1/s1. The molecule has 0 radical (unpaired) electrons. The largest absolute Gasteiger partial charge is 0.441 e. The van der Waals surface area contributed by atoms with Crippen molar-refractivity contribution < 1.29 is 9.53 Å². The summed E-state index contributed by atoms with van der Waals surface area (Å²) in [6.45, 7) is 5.99. The lowest BCUT2D eigenvalue weighted by atomic mass is 9.99. The summed E-state index contributed by atoms with van der Waals surface area (Å²) >= 11 is 12.0. The van der Waals surface area contributed by atoms with Crippen LogP contribution in [0.15, 0.2) is 18.2 Å². The van der Waals surface area contributed by atoms with Crippen LogP contribution in [0.2, 0.25) is 10.0 Å². The number of hydrogen-bond donors (Lipinski definition) is 0. The Labute approximate surface area is 123 Å². The zero-order valence-corrected chi connectivity index (χ0v) is 12.7. The molecule has 1 aromatic rings. The molecule has 0 aliphatic carbocycles. The molecule has 1 amide bonds. The predicted molar refractivity (Wildman–Crippen MR) is 76.7 cm³/mol. The van der Waals surface area contributed by atoms with Gasteiger partial charge in [-0.15, -0.1) is 0 Å². The fourth-order valence-corrected chi connectivity index (χ4v) is 3.06. The predicted octanol–water partition coefficient (Wildman–Crippen LogP) is 4.67. The van der Waals surface area contributed by atoms with Gasteiger partial charge in [0.25, 0.3) is 0 Å². The molecule has 0 aromatic heterocycles. The molecule has 0 N–H and O–H groups in total. The van der Waals surface area contributed by atoms with E-state index in [2.05, 4.69) is 0 Å². The van der Waals surface area contributed by atoms with E-state index in [1.165, 1.54) is 0 Å². The van der Waals surface area contributed by atoms with Gasteiger partial charge in [0.2, 0.25) is 0 Å². The van der Waals surface area contributed by atoms with Crippen molar-refractivity contribution in [2.45, 2.75) is 45.4 Å². The van der Waals surface area contributed by atoms with E-state index in [1.54, 1.807) is 23.1 Å². The smallest absolute Gasteiger partial charge is 0.410 e. The van der Waals surface area contributed by atoms with Gasteiger partial charge in [0.05, 0.1) is 0 Å². The molecule has 1 fully saturated rings. The van der Waals surface area contributed by atoms with E-state index in [-0.39, 0.29) is 24.3 Å². The quantitative estimate of drug-likeness (QED) is 0.794. The first-order valence-electron chi connectivity index (χ1n) is 6.33. The van der Waals surface area contributed by atoms with E-state index < -0.39 is 0 Å². The van der Waals surface area contributed by atoms with Crippen molar-refractivity contribution >= 4 is 29.3 Å². The Morgan fingerprint density at radius 2 is 1.84 bits per heavy atom. The summed E-state index contributed by atoms with van der Waals surface area (Å²) in [5, 5.41) is 1.11. The Hall–Kier alpha value is -0.930. The zero-order valence-electron chi connectivity index (χ0n) is 11.2. The number of cyclic esters (lactones) is 1. The average Bonchev–Trinajstić information content (AvgIpc) is 2.25. The monoisotopic (exact) mass is 301 g/mol. The van der Waals surface area contributed by atoms with Gasteiger partial charge >= 0.3 is 6.09 Å². The minimum atomic E-state index is -0.284. The molecule has 0 saturated carbocycles. The molecule has 1 aliphatic heterocycles. The van der Waals surface area contributed by atoms with Crippen LogP contribution in [0.1, 0.15) is 38.9 Å². The molecule has 2 rings (SSSR count). The van der Waals surface area contributed by atoms with Gasteiger partial charge < -0.3 is 9.64 Å². The number of amides is 1. The molecule has 1 heterocycles.